The lowest BCUT2D eigenvalue weighted by molar-refractivity contribution is 0.0689. The Morgan fingerprint density at radius 3 is 2.91 bits per heavy atom. The summed E-state index contributed by atoms with van der Waals surface area (Å²) in [5, 5.41) is 15.8. The monoisotopic (exact) mass is 314 g/mol. The maximum atomic E-state index is 12.1. The van der Waals surface area contributed by atoms with Crippen LogP contribution in [0.1, 0.15) is 35.3 Å². The van der Waals surface area contributed by atoms with Crippen molar-refractivity contribution in [1.29, 1.82) is 0 Å². The number of carboxylic acids is 1. The molecular weight excluding hydrogens is 300 g/mol. The molecule has 1 fully saturated rings. The van der Waals surface area contributed by atoms with Crippen LogP contribution in [0.2, 0.25) is 0 Å². The maximum Gasteiger partial charge on any atom is 0.358 e. The van der Waals surface area contributed by atoms with E-state index in [1.807, 2.05) is 0 Å². The molecule has 0 aromatic carbocycles. The van der Waals surface area contributed by atoms with Crippen molar-refractivity contribution in [2.45, 2.75) is 19.3 Å². The molecule has 0 atom stereocenters. The fraction of sp³-hybridized carbons (Fsp3) is 0.333. The summed E-state index contributed by atoms with van der Waals surface area (Å²) in [6, 6.07) is 1.50. The van der Waals surface area contributed by atoms with Gasteiger partial charge in [0.05, 0.1) is 11.8 Å². The van der Waals surface area contributed by atoms with Gasteiger partial charge in [0, 0.05) is 19.5 Å². The number of aromatic nitrogens is 4. The quantitative estimate of drug-likeness (QED) is 0.833. The van der Waals surface area contributed by atoms with E-state index in [0.717, 1.165) is 17.5 Å². The SMILES string of the molecule is Cn1cc(On2cc(C(=O)O)nn2)cc(C#CCC2CC2)c1=O. The number of hydrogen-bond acceptors (Lipinski definition) is 5. The highest BCUT2D eigenvalue weighted by Crippen LogP contribution is 2.31. The van der Waals surface area contributed by atoms with Gasteiger partial charge < -0.3 is 14.5 Å². The summed E-state index contributed by atoms with van der Waals surface area (Å²) in [5.74, 6) is 5.65. The number of rotatable bonds is 4. The first-order valence-electron chi connectivity index (χ1n) is 7.06. The molecule has 2 aromatic rings. The Balaban J connectivity index is 1.83. The summed E-state index contributed by atoms with van der Waals surface area (Å²) < 4.78 is 1.35. The minimum Gasteiger partial charge on any atom is -0.476 e. The zero-order valence-electron chi connectivity index (χ0n) is 12.4. The van der Waals surface area contributed by atoms with Crippen LogP contribution in [-0.2, 0) is 7.05 Å². The zero-order chi connectivity index (χ0) is 16.4. The molecule has 1 aliphatic rings. The zero-order valence-corrected chi connectivity index (χ0v) is 12.4. The van der Waals surface area contributed by atoms with Gasteiger partial charge >= 0.3 is 5.97 Å². The second-order valence-electron chi connectivity index (χ2n) is 5.36. The first-order valence-corrected chi connectivity index (χ1v) is 7.06. The van der Waals surface area contributed by atoms with E-state index in [1.165, 1.54) is 29.7 Å². The van der Waals surface area contributed by atoms with E-state index in [0.29, 0.717) is 17.2 Å². The summed E-state index contributed by atoms with van der Waals surface area (Å²) in [5.41, 5.74) is -0.131. The van der Waals surface area contributed by atoms with Crippen LogP contribution in [0, 0.1) is 17.8 Å². The van der Waals surface area contributed by atoms with Gasteiger partial charge in [-0.3, -0.25) is 4.79 Å². The van der Waals surface area contributed by atoms with Crippen LogP contribution >= 0.6 is 0 Å². The van der Waals surface area contributed by atoms with Crippen molar-refractivity contribution in [3.8, 4) is 17.6 Å². The minimum absolute atomic E-state index is 0.217. The number of carbonyl (C=O) groups is 1. The van der Waals surface area contributed by atoms with Crippen LogP contribution in [0.3, 0.4) is 0 Å². The average molecular weight is 314 g/mol. The molecule has 0 radical (unpaired) electrons. The Labute approximate surface area is 131 Å². The van der Waals surface area contributed by atoms with Gasteiger partial charge in [0.15, 0.2) is 11.4 Å². The van der Waals surface area contributed by atoms with Gasteiger partial charge in [-0.2, -0.15) is 0 Å². The number of carboxylic acid groups (broad SMARTS) is 1. The highest BCUT2D eigenvalue weighted by Gasteiger charge is 2.19. The van der Waals surface area contributed by atoms with Gasteiger partial charge in [-0.15, -0.1) is 5.10 Å². The Morgan fingerprint density at radius 1 is 1.48 bits per heavy atom. The fourth-order valence-corrected chi connectivity index (χ4v) is 1.93. The summed E-state index contributed by atoms with van der Waals surface area (Å²) >= 11 is 0. The van der Waals surface area contributed by atoms with E-state index in [2.05, 4.69) is 22.2 Å². The minimum atomic E-state index is -1.20. The second kappa shape index (κ2) is 5.96. The number of aryl methyl sites for hydroxylation is 1. The third-order valence-electron chi connectivity index (χ3n) is 3.36. The molecule has 0 bridgehead atoms. The third kappa shape index (κ3) is 3.58. The molecule has 0 amide bonds. The van der Waals surface area contributed by atoms with Gasteiger partial charge in [-0.25, -0.2) is 4.79 Å². The molecule has 2 heterocycles. The average Bonchev–Trinajstić information content (AvgIpc) is 3.20. The molecule has 8 nitrogen and oxygen atoms in total. The van der Waals surface area contributed by atoms with Crippen molar-refractivity contribution in [3.63, 3.8) is 0 Å². The topological polar surface area (TPSA) is 99.2 Å². The van der Waals surface area contributed by atoms with Crippen molar-refractivity contribution in [3.05, 3.63) is 40.1 Å². The van der Waals surface area contributed by atoms with Crippen LogP contribution in [0.25, 0.3) is 0 Å². The Kier molecular flexibility index (Phi) is 3.85. The molecule has 1 aliphatic carbocycles. The van der Waals surface area contributed by atoms with Crippen molar-refractivity contribution in [2.24, 2.45) is 13.0 Å². The predicted molar refractivity (Wildman–Crippen MR) is 78.9 cm³/mol. The van der Waals surface area contributed by atoms with Crippen molar-refractivity contribution in [2.75, 3.05) is 0 Å². The molecule has 0 saturated heterocycles. The Bertz CT molecular complexity index is 868. The molecule has 0 spiro atoms. The summed E-state index contributed by atoms with van der Waals surface area (Å²) in [7, 11) is 1.59. The number of pyridine rings is 1. The lowest BCUT2D eigenvalue weighted by Gasteiger charge is -2.06. The van der Waals surface area contributed by atoms with E-state index in [4.69, 9.17) is 9.94 Å². The molecule has 1 N–H and O–H groups in total. The van der Waals surface area contributed by atoms with Gasteiger partial charge in [0.25, 0.3) is 5.56 Å². The lowest BCUT2D eigenvalue weighted by Crippen LogP contribution is -2.20. The van der Waals surface area contributed by atoms with Crippen molar-refractivity contribution < 1.29 is 14.7 Å². The Hall–Kier alpha value is -3.08. The van der Waals surface area contributed by atoms with E-state index in [9.17, 15) is 9.59 Å². The summed E-state index contributed by atoms with van der Waals surface area (Å²) in [6.45, 7) is 0. The predicted octanol–water partition coefficient (Wildman–Crippen LogP) is 0.669. The highest BCUT2D eigenvalue weighted by atomic mass is 16.7. The standard InChI is InChI=1S/C15H14N4O4/c1-18-8-12(23-19-9-13(15(21)22)16-17-19)7-11(14(18)20)4-2-3-10-5-6-10/h7-10H,3,5-6H2,1H3,(H,21,22). The van der Waals surface area contributed by atoms with E-state index in [-0.39, 0.29) is 11.3 Å². The lowest BCUT2D eigenvalue weighted by atomic mass is 10.2. The molecule has 0 aliphatic heterocycles. The number of nitrogens with zero attached hydrogens (tertiary/aromatic N) is 4. The molecule has 118 valence electrons. The first kappa shape index (κ1) is 14.8. The molecule has 1 saturated carbocycles. The van der Waals surface area contributed by atoms with E-state index < -0.39 is 5.97 Å². The number of hydrogen-bond donors (Lipinski definition) is 1. The van der Waals surface area contributed by atoms with Gasteiger partial charge in [-0.1, -0.05) is 16.7 Å². The van der Waals surface area contributed by atoms with Crippen molar-refractivity contribution in [1.82, 2.24) is 19.7 Å². The maximum absolute atomic E-state index is 12.1. The molecule has 3 rings (SSSR count). The third-order valence-corrected chi connectivity index (χ3v) is 3.36. The van der Waals surface area contributed by atoms with E-state index >= 15 is 0 Å². The first-order chi connectivity index (χ1) is 11.0. The van der Waals surface area contributed by atoms with Crippen LogP contribution < -0.4 is 10.4 Å². The molecule has 23 heavy (non-hydrogen) atoms. The molecular formula is C15H14N4O4. The molecule has 8 heteroatoms. The molecule has 0 unspecified atom stereocenters. The summed E-state index contributed by atoms with van der Waals surface area (Å²) in [6.07, 6.45) is 5.80. The van der Waals surface area contributed by atoms with Crippen LogP contribution in [0.5, 0.6) is 5.75 Å². The van der Waals surface area contributed by atoms with Gasteiger partial charge in [0.2, 0.25) is 0 Å². The largest absolute Gasteiger partial charge is 0.476 e. The van der Waals surface area contributed by atoms with Gasteiger partial charge in [0.1, 0.15) is 6.20 Å². The van der Waals surface area contributed by atoms with E-state index in [1.54, 1.807) is 7.05 Å². The van der Waals surface area contributed by atoms with Crippen molar-refractivity contribution >= 4 is 5.97 Å². The van der Waals surface area contributed by atoms with Crippen LogP contribution in [0.15, 0.2) is 23.3 Å². The van der Waals surface area contributed by atoms with Crippen LogP contribution in [0.4, 0.5) is 0 Å². The summed E-state index contributed by atoms with van der Waals surface area (Å²) in [4.78, 5) is 29.1. The number of aromatic carboxylic acids is 1. The normalized spacial score (nSPS) is 13.3. The highest BCUT2D eigenvalue weighted by molar-refractivity contribution is 5.84. The second-order valence-corrected chi connectivity index (χ2v) is 5.36. The molecule has 2 aromatic heterocycles. The Morgan fingerprint density at radius 2 is 2.26 bits per heavy atom. The fourth-order valence-electron chi connectivity index (χ4n) is 1.93. The smallest absolute Gasteiger partial charge is 0.358 e. The van der Waals surface area contributed by atoms with Gasteiger partial charge in [-0.05, 0) is 24.0 Å². The van der Waals surface area contributed by atoms with Crippen LogP contribution in [-0.4, -0.2) is 30.8 Å².